The minimum Gasteiger partial charge on any atom is -0.497 e. The number of hydrogen-bond acceptors (Lipinski definition) is 4. The topological polar surface area (TPSA) is 61.5 Å². The zero-order valence-electron chi connectivity index (χ0n) is 10.9. The molecule has 0 radical (unpaired) electrons. The van der Waals surface area contributed by atoms with Gasteiger partial charge in [0.25, 0.3) is 0 Å². The van der Waals surface area contributed by atoms with E-state index in [1.807, 2.05) is 31.2 Å². The van der Waals surface area contributed by atoms with E-state index >= 15 is 0 Å². The van der Waals surface area contributed by atoms with Crippen molar-refractivity contribution in [2.24, 2.45) is 5.73 Å². The van der Waals surface area contributed by atoms with E-state index in [0.717, 1.165) is 17.9 Å². The van der Waals surface area contributed by atoms with E-state index in [2.05, 4.69) is 0 Å². The van der Waals surface area contributed by atoms with Gasteiger partial charge in [-0.3, -0.25) is 4.21 Å². The molecule has 2 N–H and O–H groups in total. The van der Waals surface area contributed by atoms with Crippen LogP contribution in [0.4, 0.5) is 0 Å². The molecule has 0 fully saturated rings. The molecule has 18 heavy (non-hydrogen) atoms. The molecule has 5 heteroatoms. The number of nitrogens with two attached hydrogens (primary N) is 1. The fourth-order valence-corrected chi connectivity index (χ4v) is 2.53. The molecular weight excluding hydrogens is 250 g/mol. The van der Waals surface area contributed by atoms with Crippen LogP contribution in [0.25, 0.3) is 0 Å². The van der Waals surface area contributed by atoms with Gasteiger partial charge in [0.1, 0.15) is 11.5 Å². The molecule has 0 aliphatic rings. The van der Waals surface area contributed by atoms with E-state index in [1.165, 1.54) is 0 Å². The highest BCUT2D eigenvalue weighted by Crippen LogP contribution is 2.16. The Hall–Kier alpha value is -1.07. The number of ether oxygens (including phenoxy) is 2. The highest BCUT2D eigenvalue weighted by atomic mass is 32.2. The van der Waals surface area contributed by atoms with E-state index in [0.29, 0.717) is 18.9 Å². The van der Waals surface area contributed by atoms with Gasteiger partial charge in [-0.05, 0) is 37.2 Å². The molecule has 0 heterocycles. The SMILES string of the molecule is COc1ccc(OCCS(=O)C(C)CCN)cc1. The van der Waals surface area contributed by atoms with Crippen molar-refractivity contribution in [2.75, 3.05) is 26.0 Å². The Balaban J connectivity index is 2.30. The highest BCUT2D eigenvalue weighted by Gasteiger charge is 2.09. The summed E-state index contributed by atoms with van der Waals surface area (Å²) in [5.41, 5.74) is 5.44. The molecule has 1 aromatic rings. The predicted molar refractivity (Wildman–Crippen MR) is 74.6 cm³/mol. The molecule has 1 rings (SSSR count). The van der Waals surface area contributed by atoms with E-state index < -0.39 is 10.8 Å². The van der Waals surface area contributed by atoms with Crippen LogP contribution in [0.3, 0.4) is 0 Å². The van der Waals surface area contributed by atoms with Gasteiger partial charge < -0.3 is 15.2 Å². The number of benzene rings is 1. The van der Waals surface area contributed by atoms with Gasteiger partial charge in [0.15, 0.2) is 0 Å². The minimum absolute atomic E-state index is 0.134. The van der Waals surface area contributed by atoms with Crippen LogP contribution in [-0.4, -0.2) is 35.5 Å². The van der Waals surface area contributed by atoms with Gasteiger partial charge in [-0.2, -0.15) is 0 Å². The Morgan fingerprint density at radius 3 is 2.44 bits per heavy atom. The average Bonchev–Trinajstić information content (AvgIpc) is 2.39. The summed E-state index contributed by atoms with van der Waals surface area (Å²) in [6.07, 6.45) is 0.787. The quantitative estimate of drug-likeness (QED) is 0.779. The van der Waals surface area contributed by atoms with E-state index in [9.17, 15) is 4.21 Å². The van der Waals surface area contributed by atoms with Crippen LogP contribution < -0.4 is 15.2 Å². The van der Waals surface area contributed by atoms with Crippen molar-refractivity contribution < 1.29 is 13.7 Å². The monoisotopic (exact) mass is 271 g/mol. The van der Waals surface area contributed by atoms with Gasteiger partial charge in [0.2, 0.25) is 0 Å². The normalized spacial score (nSPS) is 13.9. The third-order valence-electron chi connectivity index (χ3n) is 2.63. The Labute approximate surface area is 111 Å². The molecule has 0 aliphatic heterocycles. The summed E-state index contributed by atoms with van der Waals surface area (Å²) in [6, 6.07) is 7.35. The summed E-state index contributed by atoms with van der Waals surface area (Å²) in [5, 5.41) is 0.134. The molecule has 0 aliphatic carbocycles. The molecule has 0 aromatic heterocycles. The van der Waals surface area contributed by atoms with Gasteiger partial charge in [-0.15, -0.1) is 0 Å². The van der Waals surface area contributed by atoms with Crippen LogP contribution in [-0.2, 0) is 10.8 Å². The molecule has 0 bridgehead atoms. The Bertz CT molecular complexity index is 367. The Morgan fingerprint density at radius 1 is 1.28 bits per heavy atom. The zero-order valence-corrected chi connectivity index (χ0v) is 11.7. The van der Waals surface area contributed by atoms with Gasteiger partial charge >= 0.3 is 0 Å². The Kier molecular flexibility index (Phi) is 6.75. The van der Waals surface area contributed by atoms with Crippen molar-refractivity contribution in [3.63, 3.8) is 0 Å². The maximum Gasteiger partial charge on any atom is 0.119 e. The highest BCUT2D eigenvalue weighted by molar-refractivity contribution is 7.85. The fraction of sp³-hybridized carbons (Fsp3) is 0.538. The lowest BCUT2D eigenvalue weighted by molar-refractivity contribution is 0.341. The molecule has 0 spiro atoms. The molecule has 102 valence electrons. The first-order valence-corrected chi connectivity index (χ1v) is 7.39. The van der Waals surface area contributed by atoms with Crippen molar-refractivity contribution in [2.45, 2.75) is 18.6 Å². The van der Waals surface area contributed by atoms with E-state index in [4.69, 9.17) is 15.2 Å². The summed E-state index contributed by atoms with van der Waals surface area (Å²) < 4.78 is 22.4. The molecule has 2 atom stereocenters. The lowest BCUT2D eigenvalue weighted by Crippen LogP contribution is -2.21. The van der Waals surface area contributed by atoms with Crippen molar-refractivity contribution in [3.8, 4) is 11.5 Å². The third-order valence-corrected chi connectivity index (χ3v) is 4.34. The summed E-state index contributed by atoms with van der Waals surface area (Å²) in [7, 11) is 0.749. The summed E-state index contributed by atoms with van der Waals surface area (Å²) in [4.78, 5) is 0. The second-order valence-electron chi connectivity index (χ2n) is 4.00. The predicted octanol–water partition coefficient (Wildman–Crippen LogP) is 1.56. The summed E-state index contributed by atoms with van der Waals surface area (Å²) in [6.45, 7) is 2.98. The van der Waals surface area contributed by atoms with Crippen molar-refractivity contribution >= 4 is 10.8 Å². The van der Waals surface area contributed by atoms with Gasteiger partial charge in [0.05, 0.1) is 19.5 Å². The zero-order chi connectivity index (χ0) is 13.4. The van der Waals surface area contributed by atoms with Crippen LogP contribution in [0.2, 0.25) is 0 Å². The molecule has 1 aromatic carbocycles. The summed E-state index contributed by atoms with van der Waals surface area (Å²) in [5.74, 6) is 2.09. The first kappa shape index (κ1) is 15.0. The maximum absolute atomic E-state index is 11.8. The lowest BCUT2D eigenvalue weighted by Gasteiger charge is -2.11. The van der Waals surface area contributed by atoms with Gasteiger partial charge in [-0.1, -0.05) is 6.92 Å². The van der Waals surface area contributed by atoms with Crippen LogP contribution in [0.15, 0.2) is 24.3 Å². The summed E-state index contributed by atoms with van der Waals surface area (Å²) >= 11 is 0. The number of hydrogen-bond donors (Lipinski definition) is 1. The number of rotatable bonds is 8. The lowest BCUT2D eigenvalue weighted by atomic mass is 10.3. The third kappa shape index (κ3) is 5.06. The van der Waals surface area contributed by atoms with Crippen LogP contribution in [0, 0.1) is 0 Å². The van der Waals surface area contributed by atoms with Crippen LogP contribution >= 0.6 is 0 Å². The molecule has 4 nitrogen and oxygen atoms in total. The molecule has 0 saturated heterocycles. The maximum atomic E-state index is 11.8. The largest absolute Gasteiger partial charge is 0.497 e. The van der Waals surface area contributed by atoms with Crippen molar-refractivity contribution in [3.05, 3.63) is 24.3 Å². The standard InChI is InChI=1S/C13H21NO3S/c1-11(7-8-14)18(15)10-9-17-13-5-3-12(16-2)4-6-13/h3-6,11H,7-10,14H2,1-2H3. The second-order valence-corrected chi connectivity index (χ2v) is 5.97. The second kappa shape index (κ2) is 8.11. The molecule has 2 unspecified atom stereocenters. The van der Waals surface area contributed by atoms with E-state index in [1.54, 1.807) is 7.11 Å². The fourth-order valence-electron chi connectivity index (χ4n) is 1.48. The first-order chi connectivity index (χ1) is 8.67. The molecule has 0 amide bonds. The molecular formula is C13H21NO3S. The first-order valence-electron chi connectivity index (χ1n) is 6.01. The van der Waals surface area contributed by atoms with Crippen molar-refractivity contribution in [1.29, 1.82) is 0 Å². The molecule has 0 saturated carbocycles. The smallest absolute Gasteiger partial charge is 0.119 e. The minimum atomic E-state index is -0.874. The number of methoxy groups -OCH3 is 1. The Morgan fingerprint density at radius 2 is 1.89 bits per heavy atom. The van der Waals surface area contributed by atoms with Crippen molar-refractivity contribution in [1.82, 2.24) is 0 Å². The van der Waals surface area contributed by atoms with Crippen LogP contribution in [0.1, 0.15) is 13.3 Å². The van der Waals surface area contributed by atoms with Crippen LogP contribution in [0.5, 0.6) is 11.5 Å². The van der Waals surface area contributed by atoms with Gasteiger partial charge in [0, 0.05) is 16.0 Å². The van der Waals surface area contributed by atoms with E-state index in [-0.39, 0.29) is 5.25 Å². The average molecular weight is 271 g/mol. The van der Waals surface area contributed by atoms with Gasteiger partial charge in [-0.25, -0.2) is 0 Å².